The van der Waals surface area contributed by atoms with E-state index < -0.39 is 0 Å². The van der Waals surface area contributed by atoms with Gasteiger partial charge in [0, 0.05) is 6.04 Å². The first-order valence-corrected chi connectivity index (χ1v) is 5.82. The molecule has 3 N–H and O–H groups in total. The fourth-order valence-electron chi connectivity index (χ4n) is 1.73. The van der Waals surface area contributed by atoms with Gasteiger partial charge >= 0.3 is 0 Å². The summed E-state index contributed by atoms with van der Waals surface area (Å²) >= 11 is 5.86. The Kier molecular flexibility index (Phi) is 3.06. The molecule has 1 aliphatic rings. The van der Waals surface area contributed by atoms with Crippen LogP contribution in [0.3, 0.4) is 0 Å². The molecule has 1 atom stereocenters. The Morgan fingerprint density at radius 3 is 2.88 bits per heavy atom. The molecule has 3 nitrogen and oxygen atoms in total. The van der Waals surface area contributed by atoms with E-state index in [0.717, 1.165) is 0 Å². The molecule has 1 aromatic carbocycles. The topological polar surface area (TPSA) is 55.1 Å². The van der Waals surface area contributed by atoms with Crippen LogP contribution >= 0.6 is 11.6 Å². The van der Waals surface area contributed by atoms with Crippen LogP contribution in [0, 0.1) is 5.92 Å². The standard InChI is InChI=1S/C12H15ClN2O/c1-7(8-5-6-8)15-12(16)9-3-2-4-10(13)11(9)14/h2-4,7-8H,5-6,14H2,1H3,(H,15,16). The third kappa shape index (κ3) is 2.30. The van der Waals surface area contributed by atoms with Crippen molar-refractivity contribution in [3.63, 3.8) is 0 Å². The van der Waals surface area contributed by atoms with E-state index in [0.29, 0.717) is 22.2 Å². The van der Waals surface area contributed by atoms with Gasteiger partial charge in [-0.2, -0.15) is 0 Å². The lowest BCUT2D eigenvalue weighted by Gasteiger charge is -2.14. The van der Waals surface area contributed by atoms with E-state index in [1.54, 1.807) is 18.2 Å². The molecule has 0 saturated heterocycles. The van der Waals surface area contributed by atoms with E-state index in [4.69, 9.17) is 17.3 Å². The summed E-state index contributed by atoms with van der Waals surface area (Å²) in [6.07, 6.45) is 2.40. The molecule has 1 unspecified atom stereocenters. The summed E-state index contributed by atoms with van der Waals surface area (Å²) in [5.41, 5.74) is 6.57. The van der Waals surface area contributed by atoms with Gasteiger partial charge in [-0.25, -0.2) is 0 Å². The number of nitrogens with two attached hydrogens (primary N) is 1. The van der Waals surface area contributed by atoms with Gasteiger partial charge in [-0.05, 0) is 37.8 Å². The molecular formula is C12H15ClN2O. The van der Waals surface area contributed by atoms with Crippen molar-refractivity contribution in [1.82, 2.24) is 5.32 Å². The maximum absolute atomic E-state index is 11.9. The summed E-state index contributed by atoms with van der Waals surface area (Å²) in [5.74, 6) is 0.490. The molecule has 1 fully saturated rings. The third-order valence-electron chi connectivity index (χ3n) is 2.99. The zero-order valence-electron chi connectivity index (χ0n) is 9.16. The fraction of sp³-hybridized carbons (Fsp3) is 0.417. The zero-order valence-corrected chi connectivity index (χ0v) is 9.92. The number of anilines is 1. The van der Waals surface area contributed by atoms with Crippen molar-refractivity contribution < 1.29 is 4.79 Å². The maximum Gasteiger partial charge on any atom is 0.253 e. The van der Waals surface area contributed by atoms with Crippen LogP contribution in [-0.2, 0) is 0 Å². The van der Waals surface area contributed by atoms with Gasteiger partial charge < -0.3 is 11.1 Å². The Hall–Kier alpha value is -1.22. The number of halogens is 1. The molecular weight excluding hydrogens is 224 g/mol. The highest BCUT2D eigenvalue weighted by atomic mass is 35.5. The van der Waals surface area contributed by atoms with Gasteiger partial charge in [0.2, 0.25) is 0 Å². The van der Waals surface area contributed by atoms with Gasteiger partial charge in [-0.3, -0.25) is 4.79 Å². The van der Waals surface area contributed by atoms with Crippen molar-refractivity contribution >= 4 is 23.2 Å². The highest BCUT2D eigenvalue weighted by Gasteiger charge is 2.29. The van der Waals surface area contributed by atoms with Gasteiger partial charge in [0.15, 0.2) is 0 Å². The van der Waals surface area contributed by atoms with Crippen molar-refractivity contribution in [3.05, 3.63) is 28.8 Å². The highest BCUT2D eigenvalue weighted by molar-refractivity contribution is 6.33. The zero-order chi connectivity index (χ0) is 11.7. The number of carbonyl (C=O) groups is 1. The average molecular weight is 239 g/mol. The number of benzene rings is 1. The van der Waals surface area contributed by atoms with Crippen LogP contribution in [-0.4, -0.2) is 11.9 Å². The first-order valence-electron chi connectivity index (χ1n) is 5.44. The minimum Gasteiger partial charge on any atom is -0.397 e. The largest absolute Gasteiger partial charge is 0.397 e. The summed E-state index contributed by atoms with van der Waals surface area (Å²) in [6, 6.07) is 5.31. The molecule has 1 aliphatic carbocycles. The number of para-hydroxylation sites is 1. The lowest BCUT2D eigenvalue weighted by Crippen LogP contribution is -2.34. The quantitative estimate of drug-likeness (QED) is 0.795. The van der Waals surface area contributed by atoms with Crippen LogP contribution in [0.4, 0.5) is 5.69 Å². The monoisotopic (exact) mass is 238 g/mol. The Morgan fingerprint density at radius 1 is 1.56 bits per heavy atom. The minimum absolute atomic E-state index is 0.139. The van der Waals surface area contributed by atoms with Crippen molar-refractivity contribution in [2.45, 2.75) is 25.8 Å². The first kappa shape index (κ1) is 11.3. The second-order valence-corrected chi connectivity index (χ2v) is 4.71. The van der Waals surface area contributed by atoms with Crippen LogP contribution in [0.1, 0.15) is 30.1 Å². The predicted octanol–water partition coefficient (Wildman–Crippen LogP) is 2.45. The number of hydrogen-bond donors (Lipinski definition) is 2. The molecule has 0 radical (unpaired) electrons. The van der Waals surface area contributed by atoms with Gasteiger partial charge in [-0.15, -0.1) is 0 Å². The lowest BCUT2D eigenvalue weighted by molar-refractivity contribution is 0.0937. The van der Waals surface area contributed by atoms with E-state index in [-0.39, 0.29) is 11.9 Å². The van der Waals surface area contributed by atoms with Gasteiger partial charge in [0.25, 0.3) is 5.91 Å². The molecule has 0 bridgehead atoms. The molecule has 0 spiro atoms. The van der Waals surface area contributed by atoms with E-state index in [1.165, 1.54) is 12.8 Å². The number of carbonyl (C=O) groups excluding carboxylic acids is 1. The Morgan fingerprint density at radius 2 is 2.25 bits per heavy atom. The van der Waals surface area contributed by atoms with Crippen molar-refractivity contribution in [2.75, 3.05) is 5.73 Å². The minimum atomic E-state index is -0.139. The highest BCUT2D eigenvalue weighted by Crippen LogP contribution is 2.32. The van der Waals surface area contributed by atoms with Crippen LogP contribution in [0.5, 0.6) is 0 Å². The molecule has 1 amide bonds. The second-order valence-electron chi connectivity index (χ2n) is 4.30. The van der Waals surface area contributed by atoms with E-state index in [9.17, 15) is 4.79 Å². The Bertz CT molecular complexity index is 415. The van der Waals surface area contributed by atoms with Crippen molar-refractivity contribution in [3.8, 4) is 0 Å². The smallest absolute Gasteiger partial charge is 0.253 e. The first-order chi connectivity index (χ1) is 7.59. The molecule has 0 aromatic heterocycles. The van der Waals surface area contributed by atoms with Crippen LogP contribution in [0.2, 0.25) is 5.02 Å². The van der Waals surface area contributed by atoms with Gasteiger partial charge in [0.05, 0.1) is 16.3 Å². The number of nitrogen functional groups attached to an aromatic ring is 1. The molecule has 1 aromatic rings. The SMILES string of the molecule is CC(NC(=O)c1cccc(Cl)c1N)C1CC1. The summed E-state index contributed by atoms with van der Waals surface area (Å²) < 4.78 is 0. The molecule has 0 heterocycles. The lowest BCUT2D eigenvalue weighted by atomic mass is 10.1. The summed E-state index contributed by atoms with van der Waals surface area (Å²) in [5, 5.41) is 3.37. The average Bonchev–Trinajstić information content (AvgIpc) is 3.05. The Labute approximate surface area is 100.0 Å². The fourth-order valence-corrected chi connectivity index (χ4v) is 1.91. The normalized spacial score (nSPS) is 16.9. The Balaban J connectivity index is 2.10. The summed E-state index contributed by atoms with van der Waals surface area (Å²) in [6.45, 7) is 2.02. The van der Waals surface area contributed by atoms with Crippen LogP contribution < -0.4 is 11.1 Å². The summed E-state index contributed by atoms with van der Waals surface area (Å²) in [7, 11) is 0. The number of rotatable bonds is 3. The molecule has 0 aliphatic heterocycles. The second kappa shape index (κ2) is 4.34. The van der Waals surface area contributed by atoms with E-state index >= 15 is 0 Å². The number of amides is 1. The third-order valence-corrected chi connectivity index (χ3v) is 3.32. The molecule has 2 rings (SSSR count). The van der Waals surface area contributed by atoms with Crippen molar-refractivity contribution in [2.24, 2.45) is 5.92 Å². The maximum atomic E-state index is 11.9. The number of hydrogen-bond acceptors (Lipinski definition) is 2. The van der Waals surface area contributed by atoms with Crippen molar-refractivity contribution in [1.29, 1.82) is 0 Å². The van der Waals surface area contributed by atoms with E-state index in [2.05, 4.69) is 5.32 Å². The summed E-state index contributed by atoms with van der Waals surface area (Å²) in [4.78, 5) is 11.9. The molecule has 86 valence electrons. The number of nitrogens with one attached hydrogen (secondary N) is 1. The van der Waals surface area contributed by atoms with Gasteiger partial charge in [0.1, 0.15) is 0 Å². The van der Waals surface area contributed by atoms with E-state index in [1.807, 2.05) is 6.92 Å². The van der Waals surface area contributed by atoms with Crippen LogP contribution in [0.25, 0.3) is 0 Å². The van der Waals surface area contributed by atoms with Crippen LogP contribution in [0.15, 0.2) is 18.2 Å². The van der Waals surface area contributed by atoms with Gasteiger partial charge in [-0.1, -0.05) is 17.7 Å². The molecule has 1 saturated carbocycles. The molecule has 16 heavy (non-hydrogen) atoms. The molecule has 4 heteroatoms. The predicted molar refractivity (Wildman–Crippen MR) is 65.5 cm³/mol.